The van der Waals surface area contributed by atoms with E-state index < -0.39 is 0 Å². The lowest BCUT2D eigenvalue weighted by molar-refractivity contribution is -0.126. The summed E-state index contributed by atoms with van der Waals surface area (Å²) in [7, 11) is 0. The molecule has 2 aromatic carbocycles. The number of benzene rings is 2. The van der Waals surface area contributed by atoms with Gasteiger partial charge >= 0.3 is 0 Å². The zero-order valence-electron chi connectivity index (χ0n) is 16.1. The average Bonchev–Trinajstić information content (AvgIpc) is 2.74. The Morgan fingerprint density at radius 1 is 1.00 bits per heavy atom. The molecule has 0 saturated carbocycles. The molecule has 1 aliphatic heterocycles. The van der Waals surface area contributed by atoms with E-state index in [0.717, 1.165) is 44.7 Å². The van der Waals surface area contributed by atoms with Crippen LogP contribution in [0.5, 0.6) is 0 Å². The first-order valence-corrected chi connectivity index (χ1v) is 10.2. The summed E-state index contributed by atoms with van der Waals surface area (Å²) in [5.74, 6) is -0.0825. The van der Waals surface area contributed by atoms with Crippen LogP contribution in [0.15, 0.2) is 54.6 Å². The van der Waals surface area contributed by atoms with Gasteiger partial charge in [0.25, 0.3) is 0 Å². The Morgan fingerprint density at radius 2 is 1.71 bits per heavy atom. The predicted octanol–water partition coefficient (Wildman–Crippen LogP) is 3.19. The van der Waals surface area contributed by atoms with Crippen molar-refractivity contribution in [2.75, 3.05) is 50.8 Å². The number of rotatable bonds is 9. The molecule has 150 valence electrons. The van der Waals surface area contributed by atoms with Gasteiger partial charge in [0.1, 0.15) is 6.61 Å². The summed E-state index contributed by atoms with van der Waals surface area (Å²) in [5, 5.41) is 3.59. The van der Waals surface area contributed by atoms with Crippen LogP contribution in [0.2, 0.25) is 5.02 Å². The Kier molecular flexibility index (Phi) is 8.15. The Balaban J connectivity index is 1.24. The van der Waals surface area contributed by atoms with Gasteiger partial charge in [-0.05, 0) is 36.7 Å². The van der Waals surface area contributed by atoms with Crippen molar-refractivity contribution in [1.82, 2.24) is 10.2 Å². The van der Waals surface area contributed by atoms with Crippen LogP contribution in [-0.2, 0) is 16.1 Å². The number of carbonyl (C=O) groups excluding carboxylic acids is 1. The summed E-state index contributed by atoms with van der Waals surface area (Å²) < 4.78 is 5.45. The number of nitrogens with one attached hydrogen (secondary N) is 1. The molecular formula is C22H28ClN3O2. The summed E-state index contributed by atoms with van der Waals surface area (Å²) in [6.45, 7) is 6.29. The van der Waals surface area contributed by atoms with Crippen LogP contribution >= 0.6 is 11.6 Å². The summed E-state index contributed by atoms with van der Waals surface area (Å²) in [4.78, 5) is 16.8. The molecule has 0 bridgehead atoms. The number of anilines is 1. The molecule has 0 unspecified atom stereocenters. The lowest BCUT2D eigenvalue weighted by Gasteiger charge is -2.36. The monoisotopic (exact) mass is 401 g/mol. The SMILES string of the molecule is O=C(COCc1ccccc1Cl)NCCCN1CCN(c2ccccc2)CC1. The summed E-state index contributed by atoms with van der Waals surface area (Å²) in [6, 6.07) is 18.1. The Labute approximate surface area is 172 Å². The fraction of sp³-hybridized carbons (Fsp3) is 0.409. The van der Waals surface area contributed by atoms with Crippen molar-refractivity contribution in [3.8, 4) is 0 Å². The molecule has 0 radical (unpaired) electrons. The van der Waals surface area contributed by atoms with E-state index in [1.807, 2.05) is 24.3 Å². The molecule has 0 spiro atoms. The maximum Gasteiger partial charge on any atom is 0.246 e. The maximum absolute atomic E-state index is 11.9. The highest BCUT2D eigenvalue weighted by Crippen LogP contribution is 2.16. The average molecular weight is 402 g/mol. The molecular weight excluding hydrogens is 374 g/mol. The third-order valence-corrected chi connectivity index (χ3v) is 5.28. The summed E-state index contributed by atoms with van der Waals surface area (Å²) in [5.41, 5.74) is 2.19. The van der Waals surface area contributed by atoms with Gasteiger partial charge < -0.3 is 15.0 Å². The largest absolute Gasteiger partial charge is 0.369 e. The second-order valence-electron chi connectivity index (χ2n) is 6.95. The number of hydrogen-bond donors (Lipinski definition) is 1. The van der Waals surface area contributed by atoms with E-state index in [-0.39, 0.29) is 12.5 Å². The van der Waals surface area contributed by atoms with Crippen molar-refractivity contribution in [3.05, 3.63) is 65.2 Å². The van der Waals surface area contributed by atoms with Gasteiger partial charge in [-0.25, -0.2) is 0 Å². The number of ether oxygens (including phenoxy) is 1. The van der Waals surface area contributed by atoms with E-state index >= 15 is 0 Å². The van der Waals surface area contributed by atoms with Crippen molar-refractivity contribution < 1.29 is 9.53 Å². The molecule has 1 saturated heterocycles. The van der Waals surface area contributed by atoms with Gasteiger partial charge in [-0.3, -0.25) is 9.69 Å². The second-order valence-corrected chi connectivity index (χ2v) is 7.36. The fourth-order valence-corrected chi connectivity index (χ4v) is 3.51. The highest BCUT2D eigenvalue weighted by molar-refractivity contribution is 6.31. The molecule has 3 rings (SSSR count). The second kappa shape index (κ2) is 11.1. The van der Waals surface area contributed by atoms with E-state index in [2.05, 4.69) is 45.4 Å². The molecule has 1 amide bonds. The summed E-state index contributed by atoms with van der Waals surface area (Å²) in [6.07, 6.45) is 0.946. The summed E-state index contributed by atoms with van der Waals surface area (Å²) >= 11 is 6.07. The molecule has 0 aliphatic carbocycles. The van der Waals surface area contributed by atoms with E-state index in [0.29, 0.717) is 18.2 Å². The molecule has 1 N–H and O–H groups in total. The van der Waals surface area contributed by atoms with Crippen LogP contribution < -0.4 is 10.2 Å². The van der Waals surface area contributed by atoms with E-state index in [4.69, 9.17) is 16.3 Å². The van der Waals surface area contributed by atoms with Crippen molar-refractivity contribution in [3.63, 3.8) is 0 Å². The van der Waals surface area contributed by atoms with Gasteiger partial charge in [-0.2, -0.15) is 0 Å². The van der Waals surface area contributed by atoms with Gasteiger partial charge in [-0.15, -0.1) is 0 Å². The molecule has 28 heavy (non-hydrogen) atoms. The van der Waals surface area contributed by atoms with Crippen molar-refractivity contribution in [2.24, 2.45) is 0 Å². The molecule has 1 fully saturated rings. The van der Waals surface area contributed by atoms with Crippen LogP contribution in [0.1, 0.15) is 12.0 Å². The number of halogens is 1. The predicted molar refractivity (Wildman–Crippen MR) is 114 cm³/mol. The maximum atomic E-state index is 11.9. The van der Waals surface area contributed by atoms with Crippen LogP contribution in [0.25, 0.3) is 0 Å². The van der Waals surface area contributed by atoms with E-state index in [1.165, 1.54) is 5.69 Å². The Bertz CT molecular complexity index is 734. The van der Waals surface area contributed by atoms with E-state index in [9.17, 15) is 4.79 Å². The molecule has 6 heteroatoms. The van der Waals surface area contributed by atoms with Crippen LogP contribution in [0.4, 0.5) is 5.69 Å². The molecule has 2 aromatic rings. The molecule has 5 nitrogen and oxygen atoms in total. The van der Waals surface area contributed by atoms with Crippen LogP contribution in [-0.4, -0.2) is 56.7 Å². The van der Waals surface area contributed by atoms with Gasteiger partial charge in [0.15, 0.2) is 0 Å². The molecule has 1 aliphatic rings. The first-order valence-electron chi connectivity index (χ1n) is 9.82. The Morgan fingerprint density at radius 3 is 2.46 bits per heavy atom. The lowest BCUT2D eigenvalue weighted by Crippen LogP contribution is -2.47. The minimum absolute atomic E-state index is 0.0565. The standard InChI is InChI=1S/C22H28ClN3O2/c23-21-10-5-4-7-19(21)17-28-18-22(27)24-11-6-12-25-13-15-26(16-14-25)20-8-2-1-3-9-20/h1-5,7-10H,6,11-18H2,(H,24,27). The number of nitrogens with zero attached hydrogens (tertiary/aromatic N) is 2. The Hall–Kier alpha value is -2.08. The minimum atomic E-state index is -0.0825. The van der Waals surface area contributed by atoms with Crippen molar-refractivity contribution >= 4 is 23.2 Å². The molecule has 1 heterocycles. The number of hydrogen-bond acceptors (Lipinski definition) is 4. The molecule has 0 aromatic heterocycles. The zero-order valence-corrected chi connectivity index (χ0v) is 16.9. The lowest BCUT2D eigenvalue weighted by atomic mass is 10.2. The van der Waals surface area contributed by atoms with Gasteiger partial charge in [-0.1, -0.05) is 48.0 Å². The van der Waals surface area contributed by atoms with Gasteiger partial charge in [0.05, 0.1) is 6.61 Å². The first-order chi connectivity index (χ1) is 13.7. The zero-order chi connectivity index (χ0) is 19.6. The number of piperazine rings is 1. The topological polar surface area (TPSA) is 44.8 Å². The number of amides is 1. The van der Waals surface area contributed by atoms with Crippen molar-refractivity contribution in [1.29, 1.82) is 0 Å². The van der Waals surface area contributed by atoms with Crippen LogP contribution in [0, 0.1) is 0 Å². The van der Waals surface area contributed by atoms with Gasteiger partial charge in [0.2, 0.25) is 5.91 Å². The van der Waals surface area contributed by atoms with E-state index in [1.54, 1.807) is 0 Å². The van der Waals surface area contributed by atoms with Gasteiger partial charge in [0, 0.05) is 43.4 Å². The minimum Gasteiger partial charge on any atom is -0.369 e. The molecule has 0 atom stereocenters. The number of carbonyl (C=O) groups is 1. The van der Waals surface area contributed by atoms with Crippen molar-refractivity contribution in [2.45, 2.75) is 13.0 Å². The fourth-order valence-electron chi connectivity index (χ4n) is 3.32. The third-order valence-electron chi connectivity index (χ3n) is 4.92. The third kappa shape index (κ3) is 6.51. The van der Waals surface area contributed by atoms with Crippen LogP contribution in [0.3, 0.4) is 0 Å². The first kappa shape index (κ1) is 20.6. The highest BCUT2D eigenvalue weighted by atomic mass is 35.5. The highest BCUT2D eigenvalue weighted by Gasteiger charge is 2.16. The normalized spacial score (nSPS) is 14.8. The smallest absolute Gasteiger partial charge is 0.246 e. The quantitative estimate of drug-likeness (QED) is 0.655. The number of para-hydroxylation sites is 1.